The maximum Gasteiger partial charge on any atom is 0.255 e. The quantitative estimate of drug-likeness (QED) is 0.843. The van der Waals surface area contributed by atoms with Gasteiger partial charge in [0.05, 0.1) is 11.1 Å². The Kier molecular flexibility index (Phi) is 4.94. The van der Waals surface area contributed by atoms with Crippen LogP contribution >= 0.6 is 0 Å². The van der Waals surface area contributed by atoms with E-state index in [1.54, 1.807) is 18.5 Å². The van der Waals surface area contributed by atoms with Crippen molar-refractivity contribution in [2.75, 3.05) is 26.2 Å². The molecule has 1 aromatic rings. The molecule has 1 atom stereocenters. The highest BCUT2D eigenvalue weighted by Gasteiger charge is 2.24. The maximum absolute atomic E-state index is 12.7. The molecule has 2 fully saturated rings. The Morgan fingerprint density at radius 2 is 1.57 bits per heavy atom. The first-order valence-electron chi connectivity index (χ1n) is 8.69. The van der Waals surface area contributed by atoms with Crippen LogP contribution in [-0.2, 0) is 0 Å². The second-order valence-corrected chi connectivity index (χ2v) is 6.81. The topological polar surface area (TPSA) is 53.5 Å². The average Bonchev–Trinajstić information content (AvgIpc) is 2.61. The van der Waals surface area contributed by atoms with Gasteiger partial charge in [-0.1, -0.05) is 6.92 Å². The standard InChI is InChI=1S/C18H25N3O2/c1-14-6-5-9-21(13-14)18(23)16-10-15(11-19-12-16)17(22)20-7-3-2-4-8-20/h10-12,14H,2-9,13H2,1H3. The zero-order chi connectivity index (χ0) is 16.2. The minimum atomic E-state index is -0.00246. The monoisotopic (exact) mass is 315 g/mol. The van der Waals surface area contributed by atoms with Crippen LogP contribution in [0.15, 0.2) is 18.5 Å². The highest BCUT2D eigenvalue weighted by Crippen LogP contribution is 2.19. The summed E-state index contributed by atoms with van der Waals surface area (Å²) in [6, 6.07) is 1.71. The van der Waals surface area contributed by atoms with E-state index in [1.807, 2.05) is 9.80 Å². The Hall–Kier alpha value is -1.91. The van der Waals surface area contributed by atoms with E-state index in [1.165, 1.54) is 12.8 Å². The van der Waals surface area contributed by atoms with E-state index < -0.39 is 0 Å². The molecule has 3 heterocycles. The second-order valence-electron chi connectivity index (χ2n) is 6.81. The fraction of sp³-hybridized carbons (Fsp3) is 0.611. The number of carbonyl (C=O) groups excluding carboxylic acids is 2. The van der Waals surface area contributed by atoms with Gasteiger partial charge >= 0.3 is 0 Å². The van der Waals surface area contributed by atoms with Crippen molar-refractivity contribution in [3.05, 3.63) is 29.6 Å². The lowest BCUT2D eigenvalue weighted by atomic mass is 9.99. The van der Waals surface area contributed by atoms with Gasteiger partial charge in [0.2, 0.25) is 0 Å². The minimum absolute atomic E-state index is 0.00105. The molecule has 0 saturated carbocycles. The molecule has 0 spiro atoms. The van der Waals surface area contributed by atoms with Crippen molar-refractivity contribution >= 4 is 11.8 Å². The summed E-state index contributed by atoms with van der Waals surface area (Å²) in [4.78, 5) is 33.1. The van der Waals surface area contributed by atoms with Crippen LogP contribution in [0.2, 0.25) is 0 Å². The molecule has 23 heavy (non-hydrogen) atoms. The van der Waals surface area contributed by atoms with E-state index >= 15 is 0 Å². The van der Waals surface area contributed by atoms with Crippen molar-refractivity contribution in [1.29, 1.82) is 0 Å². The number of hydrogen-bond donors (Lipinski definition) is 0. The summed E-state index contributed by atoms with van der Waals surface area (Å²) in [5, 5.41) is 0. The molecule has 0 aliphatic carbocycles. The molecule has 0 aromatic carbocycles. The number of nitrogens with zero attached hydrogens (tertiary/aromatic N) is 3. The van der Waals surface area contributed by atoms with E-state index in [0.717, 1.165) is 45.4 Å². The van der Waals surface area contributed by atoms with Gasteiger partial charge in [-0.3, -0.25) is 14.6 Å². The van der Waals surface area contributed by atoms with Gasteiger partial charge in [-0.25, -0.2) is 0 Å². The highest BCUT2D eigenvalue weighted by atomic mass is 16.2. The smallest absolute Gasteiger partial charge is 0.255 e. The lowest BCUT2D eigenvalue weighted by Crippen LogP contribution is -2.39. The predicted octanol–water partition coefficient (Wildman–Crippen LogP) is 2.58. The van der Waals surface area contributed by atoms with Gasteiger partial charge in [0, 0.05) is 38.6 Å². The summed E-state index contributed by atoms with van der Waals surface area (Å²) in [5.41, 5.74) is 1.06. The molecule has 0 bridgehead atoms. The van der Waals surface area contributed by atoms with Crippen LogP contribution < -0.4 is 0 Å². The van der Waals surface area contributed by atoms with Gasteiger partial charge in [-0.15, -0.1) is 0 Å². The Morgan fingerprint density at radius 1 is 0.957 bits per heavy atom. The normalized spacial score (nSPS) is 22.0. The summed E-state index contributed by atoms with van der Waals surface area (Å²) in [6.07, 6.45) is 8.68. The van der Waals surface area contributed by atoms with Crippen LogP contribution in [0.3, 0.4) is 0 Å². The highest BCUT2D eigenvalue weighted by molar-refractivity contribution is 5.99. The Labute approximate surface area is 137 Å². The van der Waals surface area contributed by atoms with Crippen LogP contribution in [-0.4, -0.2) is 52.8 Å². The molecule has 5 heteroatoms. The van der Waals surface area contributed by atoms with Gasteiger partial charge in [0.1, 0.15) is 0 Å². The molecule has 3 rings (SSSR count). The largest absolute Gasteiger partial charge is 0.339 e. The molecule has 2 amide bonds. The summed E-state index contributed by atoms with van der Waals surface area (Å²) in [5.74, 6) is 0.537. The van der Waals surface area contributed by atoms with Gasteiger partial charge in [0.15, 0.2) is 0 Å². The summed E-state index contributed by atoms with van der Waals surface area (Å²) < 4.78 is 0. The number of amides is 2. The SMILES string of the molecule is CC1CCCN(C(=O)c2cncc(C(=O)N3CCCCC3)c2)C1. The number of carbonyl (C=O) groups is 2. The van der Waals surface area contributed by atoms with Crippen LogP contribution in [0.5, 0.6) is 0 Å². The van der Waals surface area contributed by atoms with Crippen molar-refractivity contribution in [3.8, 4) is 0 Å². The number of likely N-dealkylation sites (tertiary alicyclic amines) is 2. The van der Waals surface area contributed by atoms with Crippen molar-refractivity contribution in [3.63, 3.8) is 0 Å². The van der Waals surface area contributed by atoms with E-state index in [-0.39, 0.29) is 11.8 Å². The lowest BCUT2D eigenvalue weighted by Gasteiger charge is -2.31. The number of rotatable bonds is 2. The van der Waals surface area contributed by atoms with Gasteiger partial charge in [-0.2, -0.15) is 0 Å². The minimum Gasteiger partial charge on any atom is -0.339 e. The number of piperidine rings is 2. The van der Waals surface area contributed by atoms with Crippen LogP contribution in [0, 0.1) is 5.92 Å². The Balaban J connectivity index is 1.73. The first kappa shape index (κ1) is 16.0. The summed E-state index contributed by atoms with van der Waals surface area (Å²) >= 11 is 0. The molecule has 2 aliphatic rings. The van der Waals surface area contributed by atoms with Gasteiger partial charge < -0.3 is 9.80 Å². The molecule has 2 saturated heterocycles. The first-order valence-corrected chi connectivity index (χ1v) is 8.69. The van der Waals surface area contributed by atoms with E-state index in [9.17, 15) is 9.59 Å². The van der Waals surface area contributed by atoms with Gasteiger partial charge in [-0.05, 0) is 44.1 Å². The number of hydrogen-bond acceptors (Lipinski definition) is 3. The third kappa shape index (κ3) is 3.71. The predicted molar refractivity (Wildman–Crippen MR) is 88.3 cm³/mol. The third-order valence-electron chi connectivity index (χ3n) is 4.82. The van der Waals surface area contributed by atoms with Crippen LogP contribution in [0.1, 0.15) is 59.7 Å². The molecular formula is C18H25N3O2. The fourth-order valence-corrected chi connectivity index (χ4v) is 3.51. The zero-order valence-electron chi connectivity index (χ0n) is 13.8. The molecule has 5 nitrogen and oxygen atoms in total. The number of aromatic nitrogens is 1. The van der Waals surface area contributed by atoms with Crippen molar-refractivity contribution in [1.82, 2.24) is 14.8 Å². The Morgan fingerprint density at radius 3 is 2.22 bits per heavy atom. The zero-order valence-corrected chi connectivity index (χ0v) is 13.8. The van der Waals surface area contributed by atoms with Crippen LogP contribution in [0.25, 0.3) is 0 Å². The third-order valence-corrected chi connectivity index (χ3v) is 4.82. The summed E-state index contributed by atoms with van der Waals surface area (Å²) in [7, 11) is 0. The molecule has 0 N–H and O–H groups in total. The van der Waals surface area contributed by atoms with E-state index in [0.29, 0.717) is 17.0 Å². The van der Waals surface area contributed by atoms with Crippen molar-refractivity contribution in [2.24, 2.45) is 5.92 Å². The number of pyridine rings is 1. The molecular weight excluding hydrogens is 290 g/mol. The lowest BCUT2D eigenvalue weighted by molar-refractivity contribution is 0.0682. The molecule has 0 radical (unpaired) electrons. The molecule has 124 valence electrons. The van der Waals surface area contributed by atoms with E-state index in [4.69, 9.17) is 0 Å². The summed E-state index contributed by atoms with van der Waals surface area (Å²) in [6.45, 7) is 5.38. The average molecular weight is 315 g/mol. The van der Waals surface area contributed by atoms with Crippen molar-refractivity contribution in [2.45, 2.75) is 39.0 Å². The molecule has 1 aromatic heterocycles. The molecule has 2 aliphatic heterocycles. The van der Waals surface area contributed by atoms with Crippen molar-refractivity contribution < 1.29 is 9.59 Å². The van der Waals surface area contributed by atoms with E-state index in [2.05, 4.69) is 11.9 Å². The van der Waals surface area contributed by atoms with Gasteiger partial charge in [0.25, 0.3) is 11.8 Å². The first-order chi connectivity index (χ1) is 11.1. The maximum atomic E-state index is 12.7. The second kappa shape index (κ2) is 7.11. The van der Waals surface area contributed by atoms with Crippen LogP contribution in [0.4, 0.5) is 0 Å². The Bertz CT molecular complexity index is 581. The molecule has 1 unspecified atom stereocenters. The fourth-order valence-electron chi connectivity index (χ4n) is 3.51.